The number of para-hydroxylation sites is 2. The number of hydrogen-bond acceptors (Lipinski definition) is 4. The summed E-state index contributed by atoms with van der Waals surface area (Å²) < 4.78 is 5.39. The second-order valence-electron chi connectivity index (χ2n) is 4.14. The fraction of sp³-hybridized carbons (Fsp3) is 0.267. The molecular weight excluding hydrogens is 272 g/mol. The molecule has 0 N–H and O–H groups in total. The van der Waals surface area contributed by atoms with Crippen LogP contribution in [0.25, 0.3) is 0 Å². The summed E-state index contributed by atoms with van der Waals surface area (Å²) in [7, 11) is 0. The Hall–Kier alpha value is -2.81. The van der Waals surface area contributed by atoms with Gasteiger partial charge in [-0.25, -0.2) is 14.6 Å². The lowest BCUT2D eigenvalue weighted by molar-refractivity contribution is -0.139. The number of urea groups is 1. The predicted octanol–water partition coefficient (Wildman–Crippen LogP) is 1.40. The number of ether oxygens (including phenoxy) is 1. The van der Waals surface area contributed by atoms with Crippen LogP contribution in [-0.2, 0) is 9.59 Å². The number of carbonyl (C=O) groups excluding carboxylic acids is 3. The number of carbonyl (C=O) groups is 3. The Labute approximate surface area is 122 Å². The first-order chi connectivity index (χ1) is 10.1. The van der Waals surface area contributed by atoms with Gasteiger partial charge in [0, 0.05) is 0 Å². The van der Waals surface area contributed by atoms with Crippen LogP contribution < -0.4 is 9.64 Å². The molecule has 21 heavy (non-hydrogen) atoms. The van der Waals surface area contributed by atoms with Gasteiger partial charge >= 0.3 is 17.8 Å². The van der Waals surface area contributed by atoms with E-state index in [4.69, 9.17) is 4.74 Å². The zero-order chi connectivity index (χ0) is 15.4. The Balaban J connectivity index is 2.40. The third-order valence-electron chi connectivity index (χ3n) is 2.87. The van der Waals surface area contributed by atoms with E-state index in [2.05, 4.69) is 11.8 Å². The third-order valence-corrected chi connectivity index (χ3v) is 2.87. The number of amides is 4. The minimum atomic E-state index is -0.898. The van der Waals surface area contributed by atoms with E-state index >= 15 is 0 Å². The van der Waals surface area contributed by atoms with Gasteiger partial charge in [0.2, 0.25) is 0 Å². The smallest absolute Gasteiger partial charge is 0.339 e. The highest BCUT2D eigenvalue weighted by Crippen LogP contribution is 2.31. The Morgan fingerprint density at radius 3 is 2.52 bits per heavy atom. The van der Waals surface area contributed by atoms with Crippen LogP contribution in [0.4, 0.5) is 10.5 Å². The molecule has 0 bridgehead atoms. The van der Waals surface area contributed by atoms with Gasteiger partial charge < -0.3 is 4.74 Å². The average Bonchev–Trinajstić information content (AvgIpc) is 2.69. The highest BCUT2D eigenvalue weighted by Gasteiger charge is 2.45. The van der Waals surface area contributed by atoms with Crippen LogP contribution in [0.5, 0.6) is 5.75 Å². The maximum Gasteiger partial charge on any atom is 0.339 e. The molecule has 2 rings (SSSR count). The van der Waals surface area contributed by atoms with Crippen LogP contribution in [0.2, 0.25) is 0 Å². The first-order valence-electron chi connectivity index (χ1n) is 6.43. The molecular formula is C15H14N2O4. The number of rotatable bonds is 4. The molecule has 0 unspecified atom stereocenters. The van der Waals surface area contributed by atoms with Crippen molar-refractivity contribution in [2.24, 2.45) is 0 Å². The fourth-order valence-corrected chi connectivity index (χ4v) is 1.93. The number of hydrogen-bond donors (Lipinski definition) is 0. The van der Waals surface area contributed by atoms with Crippen molar-refractivity contribution in [1.29, 1.82) is 0 Å². The Morgan fingerprint density at radius 1 is 1.14 bits per heavy atom. The summed E-state index contributed by atoms with van der Waals surface area (Å²) in [5.74, 6) is 3.79. The highest BCUT2D eigenvalue weighted by atomic mass is 16.5. The van der Waals surface area contributed by atoms with Gasteiger partial charge in [-0.3, -0.25) is 9.59 Å². The lowest BCUT2D eigenvalue weighted by Gasteiger charge is -2.17. The summed E-state index contributed by atoms with van der Waals surface area (Å²) in [6.07, 6.45) is 0. The Morgan fingerprint density at radius 2 is 1.86 bits per heavy atom. The lowest BCUT2D eigenvalue weighted by Crippen LogP contribution is -2.33. The van der Waals surface area contributed by atoms with E-state index in [1.807, 2.05) is 0 Å². The van der Waals surface area contributed by atoms with Crippen LogP contribution in [0.1, 0.15) is 13.8 Å². The first kappa shape index (κ1) is 14.6. The molecule has 0 saturated carbocycles. The van der Waals surface area contributed by atoms with E-state index in [-0.39, 0.29) is 12.2 Å². The van der Waals surface area contributed by atoms with Crippen molar-refractivity contribution in [3.05, 3.63) is 24.3 Å². The molecule has 0 aromatic heterocycles. The highest BCUT2D eigenvalue weighted by molar-refractivity contribution is 6.53. The van der Waals surface area contributed by atoms with Crippen molar-refractivity contribution in [3.63, 3.8) is 0 Å². The number of benzene rings is 1. The van der Waals surface area contributed by atoms with Gasteiger partial charge in [-0.15, -0.1) is 5.92 Å². The monoisotopic (exact) mass is 286 g/mol. The van der Waals surface area contributed by atoms with E-state index in [1.54, 1.807) is 38.1 Å². The number of nitrogens with zero attached hydrogens (tertiary/aromatic N) is 2. The van der Waals surface area contributed by atoms with Crippen LogP contribution in [0.15, 0.2) is 24.3 Å². The lowest BCUT2D eigenvalue weighted by atomic mass is 10.2. The van der Waals surface area contributed by atoms with Gasteiger partial charge in [-0.1, -0.05) is 18.1 Å². The molecule has 0 radical (unpaired) electrons. The first-order valence-corrected chi connectivity index (χ1v) is 6.43. The van der Waals surface area contributed by atoms with Gasteiger partial charge in [-0.2, -0.15) is 0 Å². The van der Waals surface area contributed by atoms with Crippen LogP contribution in [0, 0.1) is 11.8 Å². The zero-order valence-corrected chi connectivity index (χ0v) is 11.8. The molecule has 6 heteroatoms. The molecule has 1 saturated heterocycles. The third kappa shape index (κ3) is 2.58. The largest absolute Gasteiger partial charge is 0.492 e. The van der Waals surface area contributed by atoms with E-state index in [9.17, 15) is 14.4 Å². The maximum absolute atomic E-state index is 12.3. The number of anilines is 1. The molecule has 0 spiro atoms. The SMILES string of the molecule is CC#CCN1C(=O)C(=O)N(c2ccccc2OCC)C1=O. The summed E-state index contributed by atoms with van der Waals surface area (Å²) in [6, 6.07) is 5.88. The summed E-state index contributed by atoms with van der Waals surface area (Å²) in [4.78, 5) is 37.9. The van der Waals surface area contributed by atoms with E-state index in [0.29, 0.717) is 12.4 Å². The summed E-state index contributed by atoms with van der Waals surface area (Å²) in [6.45, 7) is 3.66. The molecule has 108 valence electrons. The minimum absolute atomic E-state index is 0.104. The summed E-state index contributed by atoms with van der Waals surface area (Å²) in [5.41, 5.74) is 0.259. The van der Waals surface area contributed by atoms with Gasteiger partial charge in [0.15, 0.2) is 0 Å². The van der Waals surface area contributed by atoms with Crippen LogP contribution in [0.3, 0.4) is 0 Å². The quantitative estimate of drug-likeness (QED) is 0.477. The topological polar surface area (TPSA) is 66.9 Å². The second-order valence-corrected chi connectivity index (χ2v) is 4.14. The second kappa shape index (κ2) is 6.09. The standard InChI is InChI=1S/C15H14N2O4/c1-3-5-10-16-13(18)14(19)17(15(16)20)11-8-6-7-9-12(11)21-4-2/h6-9H,4,10H2,1-2H3. The average molecular weight is 286 g/mol. The molecule has 0 atom stereocenters. The van der Waals surface area contributed by atoms with Crippen LogP contribution >= 0.6 is 0 Å². The Bertz CT molecular complexity index is 657. The summed E-state index contributed by atoms with van der Waals surface area (Å²) >= 11 is 0. The van der Waals surface area contributed by atoms with Gasteiger partial charge in [0.25, 0.3) is 0 Å². The van der Waals surface area contributed by atoms with E-state index in [0.717, 1.165) is 9.80 Å². The van der Waals surface area contributed by atoms with Crippen molar-refractivity contribution in [2.75, 3.05) is 18.1 Å². The van der Waals surface area contributed by atoms with E-state index in [1.165, 1.54) is 0 Å². The summed E-state index contributed by atoms with van der Waals surface area (Å²) in [5, 5.41) is 0. The predicted molar refractivity (Wildman–Crippen MR) is 75.7 cm³/mol. The van der Waals surface area contributed by atoms with Crippen molar-refractivity contribution in [2.45, 2.75) is 13.8 Å². The van der Waals surface area contributed by atoms with Crippen molar-refractivity contribution >= 4 is 23.5 Å². The van der Waals surface area contributed by atoms with E-state index < -0.39 is 17.8 Å². The molecule has 1 fully saturated rings. The maximum atomic E-state index is 12.3. The molecule has 1 aromatic carbocycles. The number of imide groups is 2. The van der Waals surface area contributed by atoms with Crippen LogP contribution in [-0.4, -0.2) is 35.9 Å². The molecule has 0 aliphatic carbocycles. The van der Waals surface area contributed by atoms with Crippen molar-refractivity contribution in [3.8, 4) is 17.6 Å². The fourth-order valence-electron chi connectivity index (χ4n) is 1.93. The van der Waals surface area contributed by atoms with Gasteiger partial charge in [-0.05, 0) is 26.0 Å². The Kier molecular flexibility index (Phi) is 4.24. The molecule has 1 aromatic rings. The molecule has 4 amide bonds. The minimum Gasteiger partial charge on any atom is -0.492 e. The van der Waals surface area contributed by atoms with Crippen molar-refractivity contribution in [1.82, 2.24) is 4.90 Å². The zero-order valence-electron chi connectivity index (χ0n) is 11.8. The molecule has 1 aliphatic heterocycles. The van der Waals surface area contributed by atoms with Gasteiger partial charge in [0.1, 0.15) is 5.75 Å². The normalized spacial score (nSPS) is 14.3. The van der Waals surface area contributed by atoms with Crippen molar-refractivity contribution < 1.29 is 19.1 Å². The van der Waals surface area contributed by atoms with Gasteiger partial charge in [0.05, 0.1) is 18.8 Å². The molecule has 1 aliphatic rings. The molecule has 6 nitrogen and oxygen atoms in total. The molecule has 1 heterocycles.